The third-order valence-electron chi connectivity index (χ3n) is 4.02. The van der Waals surface area contributed by atoms with Crippen molar-refractivity contribution in [2.45, 2.75) is 18.8 Å². The first kappa shape index (κ1) is 13.5. The number of hydrogen-bond acceptors (Lipinski definition) is 1. The third-order valence-corrected chi connectivity index (χ3v) is 4.02. The Morgan fingerprint density at radius 2 is 1.57 bits per heavy atom. The molecule has 0 spiro atoms. The Morgan fingerprint density at radius 3 is 2.10 bits per heavy atom. The van der Waals surface area contributed by atoms with Crippen molar-refractivity contribution in [1.29, 1.82) is 0 Å². The van der Waals surface area contributed by atoms with E-state index in [-0.39, 0.29) is 18.4 Å². The molecule has 0 saturated carbocycles. The number of aryl methyl sites for hydroxylation is 2. The fourth-order valence-electron chi connectivity index (χ4n) is 3.05. The summed E-state index contributed by atoms with van der Waals surface area (Å²) in [6.07, 6.45) is 7.19. The van der Waals surface area contributed by atoms with Gasteiger partial charge in [0.05, 0.1) is 12.5 Å². The molecule has 104 valence electrons. The molecule has 0 fully saturated rings. The second kappa shape index (κ2) is 5.85. The van der Waals surface area contributed by atoms with Crippen molar-refractivity contribution < 1.29 is 4.79 Å². The Hall–Kier alpha value is -2.53. The standard InChI is InChI=1S/C19H17NO/c1-2-13-20-19(21)18-16-9-5-3-7-14(16)11-12-15-8-4-6-10-17(15)18/h1,3-10,18H,11-13H2,(H,20,21). The number of rotatable bonds is 2. The van der Waals surface area contributed by atoms with Crippen molar-refractivity contribution in [3.63, 3.8) is 0 Å². The van der Waals surface area contributed by atoms with E-state index in [1.165, 1.54) is 11.1 Å². The molecule has 2 aromatic rings. The van der Waals surface area contributed by atoms with Crippen molar-refractivity contribution >= 4 is 5.91 Å². The minimum absolute atomic E-state index is 0.0188. The average molecular weight is 275 g/mol. The first-order valence-corrected chi connectivity index (χ1v) is 7.18. The van der Waals surface area contributed by atoms with E-state index in [9.17, 15) is 4.79 Å². The molecule has 3 rings (SSSR count). The van der Waals surface area contributed by atoms with Gasteiger partial charge in [-0.25, -0.2) is 0 Å². The molecule has 1 aliphatic rings. The number of hydrogen-bond donors (Lipinski definition) is 1. The van der Waals surface area contributed by atoms with Gasteiger partial charge < -0.3 is 5.32 Å². The lowest BCUT2D eigenvalue weighted by molar-refractivity contribution is -0.121. The number of benzene rings is 2. The monoisotopic (exact) mass is 275 g/mol. The maximum atomic E-state index is 12.6. The van der Waals surface area contributed by atoms with E-state index in [1.807, 2.05) is 24.3 Å². The molecule has 0 aliphatic heterocycles. The largest absolute Gasteiger partial charge is 0.344 e. The van der Waals surface area contributed by atoms with E-state index >= 15 is 0 Å². The SMILES string of the molecule is C#CCNC(=O)C1c2ccccc2CCc2ccccc21. The lowest BCUT2D eigenvalue weighted by Gasteiger charge is -2.19. The predicted molar refractivity (Wildman–Crippen MR) is 84.0 cm³/mol. The molecule has 0 bridgehead atoms. The van der Waals surface area contributed by atoms with Crippen LogP contribution in [0.15, 0.2) is 48.5 Å². The van der Waals surface area contributed by atoms with Crippen molar-refractivity contribution in [3.8, 4) is 12.3 Å². The topological polar surface area (TPSA) is 29.1 Å². The van der Waals surface area contributed by atoms with Gasteiger partial charge in [0.15, 0.2) is 0 Å². The van der Waals surface area contributed by atoms with E-state index in [4.69, 9.17) is 6.42 Å². The minimum Gasteiger partial charge on any atom is -0.344 e. The maximum Gasteiger partial charge on any atom is 0.232 e. The molecule has 0 aromatic heterocycles. The van der Waals surface area contributed by atoms with E-state index in [0.717, 1.165) is 24.0 Å². The minimum atomic E-state index is -0.270. The molecular weight excluding hydrogens is 258 g/mol. The summed E-state index contributed by atoms with van der Waals surface area (Å²) in [5.41, 5.74) is 4.68. The van der Waals surface area contributed by atoms with Crippen LogP contribution in [0.3, 0.4) is 0 Å². The van der Waals surface area contributed by atoms with Gasteiger partial charge in [0.2, 0.25) is 5.91 Å². The molecule has 0 atom stereocenters. The summed E-state index contributed by atoms with van der Waals surface area (Å²) in [6.45, 7) is 0.264. The van der Waals surface area contributed by atoms with Crippen molar-refractivity contribution in [2.75, 3.05) is 6.54 Å². The van der Waals surface area contributed by atoms with Crippen molar-refractivity contribution in [3.05, 3.63) is 70.8 Å². The molecule has 1 N–H and O–H groups in total. The number of amides is 1. The molecule has 0 unspecified atom stereocenters. The molecule has 0 radical (unpaired) electrons. The lowest BCUT2D eigenvalue weighted by Crippen LogP contribution is -2.30. The van der Waals surface area contributed by atoms with E-state index in [1.54, 1.807) is 0 Å². The van der Waals surface area contributed by atoms with Gasteiger partial charge >= 0.3 is 0 Å². The van der Waals surface area contributed by atoms with E-state index in [0.29, 0.717) is 0 Å². The van der Waals surface area contributed by atoms with Crippen LogP contribution in [0.4, 0.5) is 0 Å². The van der Waals surface area contributed by atoms with Crippen LogP contribution in [0.5, 0.6) is 0 Å². The number of nitrogens with one attached hydrogen (secondary N) is 1. The molecular formula is C19H17NO. The van der Waals surface area contributed by atoms with Gasteiger partial charge in [-0.3, -0.25) is 4.79 Å². The summed E-state index contributed by atoms with van der Waals surface area (Å²) in [4.78, 5) is 12.6. The first-order chi connectivity index (χ1) is 10.3. The molecule has 2 nitrogen and oxygen atoms in total. The molecule has 1 amide bonds. The van der Waals surface area contributed by atoms with Gasteiger partial charge in [0.1, 0.15) is 0 Å². The zero-order valence-corrected chi connectivity index (χ0v) is 11.8. The third kappa shape index (κ3) is 2.55. The predicted octanol–water partition coefficient (Wildman–Crippen LogP) is 2.67. The zero-order chi connectivity index (χ0) is 14.7. The Bertz CT molecular complexity index is 664. The smallest absolute Gasteiger partial charge is 0.232 e. The summed E-state index contributed by atoms with van der Waals surface area (Å²) >= 11 is 0. The normalized spacial score (nSPS) is 13.5. The van der Waals surface area contributed by atoms with Gasteiger partial charge in [-0.15, -0.1) is 6.42 Å². The summed E-state index contributed by atoms with van der Waals surface area (Å²) in [6, 6.07) is 16.4. The molecule has 0 saturated heterocycles. The highest BCUT2D eigenvalue weighted by Crippen LogP contribution is 2.34. The quantitative estimate of drug-likeness (QED) is 0.839. The molecule has 1 aliphatic carbocycles. The van der Waals surface area contributed by atoms with E-state index < -0.39 is 0 Å². The maximum absolute atomic E-state index is 12.6. The highest BCUT2D eigenvalue weighted by Gasteiger charge is 2.28. The first-order valence-electron chi connectivity index (χ1n) is 7.18. The Morgan fingerprint density at radius 1 is 1.05 bits per heavy atom. The van der Waals surface area contributed by atoms with Gasteiger partial charge in [-0.2, -0.15) is 0 Å². The fourth-order valence-corrected chi connectivity index (χ4v) is 3.05. The van der Waals surface area contributed by atoms with Crippen molar-refractivity contribution in [2.24, 2.45) is 0 Å². The van der Waals surface area contributed by atoms with Crippen LogP contribution in [0.25, 0.3) is 0 Å². The molecule has 2 heteroatoms. The summed E-state index contributed by atoms with van der Waals surface area (Å²) < 4.78 is 0. The Labute approximate surface area is 125 Å². The van der Waals surface area contributed by atoms with Crippen LogP contribution >= 0.6 is 0 Å². The molecule has 21 heavy (non-hydrogen) atoms. The highest BCUT2D eigenvalue weighted by molar-refractivity contribution is 5.88. The van der Waals surface area contributed by atoms with Crippen LogP contribution < -0.4 is 5.32 Å². The second-order valence-electron chi connectivity index (χ2n) is 5.25. The Balaban J connectivity index is 2.11. The van der Waals surface area contributed by atoms with Gasteiger partial charge in [-0.05, 0) is 35.1 Å². The molecule has 2 aromatic carbocycles. The van der Waals surface area contributed by atoms with Crippen LogP contribution in [0.1, 0.15) is 28.2 Å². The number of fused-ring (bicyclic) bond motifs is 2. The van der Waals surface area contributed by atoms with Gasteiger partial charge in [0, 0.05) is 0 Å². The van der Waals surface area contributed by atoms with Gasteiger partial charge in [-0.1, -0.05) is 54.5 Å². The van der Waals surface area contributed by atoms with Crippen LogP contribution in [0, 0.1) is 12.3 Å². The highest BCUT2D eigenvalue weighted by atomic mass is 16.1. The number of terminal acetylenes is 1. The van der Waals surface area contributed by atoms with Gasteiger partial charge in [0.25, 0.3) is 0 Å². The molecule has 0 heterocycles. The number of carbonyl (C=O) groups is 1. The zero-order valence-electron chi connectivity index (χ0n) is 11.8. The van der Waals surface area contributed by atoms with Crippen LogP contribution in [-0.4, -0.2) is 12.5 Å². The average Bonchev–Trinajstić information content (AvgIpc) is 2.69. The van der Waals surface area contributed by atoms with Crippen molar-refractivity contribution in [1.82, 2.24) is 5.32 Å². The Kier molecular flexibility index (Phi) is 3.75. The second-order valence-corrected chi connectivity index (χ2v) is 5.25. The summed E-state index contributed by atoms with van der Waals surface area (Å²) in [5, 5.41) is 2.84. The van der Waals surface area contributed by atoms with Crippen LogP contribution in [0.2, 0.25) is 0 Å². The lowest BCUT2D eigenvalue weighted by atomic mass is 9.87. The number of carbonyl (C=O) groups excluding carboxylic acids is 1. The van der Waals surface area contributed by atoms with Crippen LogP contribution in [-0.2, 0) is 17.6 Å². The summed E-state index contributed by atoms with van der Waals surface area (Å²) in [7, 11) is 0. The van der Waals surface area contributed by atoms with E-state index in [2.05, 4.69) is 35.5 Å². The summed E-state index contributed by atoms with van der Waals surface area (Å²) in [5.74, 6) is 2.18. The fraction of sp³-hybridized carbons (Fsp3) is 0.211.